The second-order valence-electron chi connectivity index (χ2n) is 3.36. The van der Waals surface area contributed by atoms with Crippen molar-refractivity contribution in [3.63, 3.8) is 0 Å². The molecule has 0 aliphatic carbocycles. The lowest BCUT2D eigenvalue weighted by Gasteiger charge is -2.10. The molecule has 0 amide bonds. The van der Waals surface area contributed by atoms with Crippen molar-refractivity contribution in [2.45, 2.75) is 26.2 Å². The molecule has 0 saturated carbocycles. The van der Waals surface area contributed by atoms with Crippen LogP contribution in [0, 0.1) is 0 Å². The van der Waals surface area contributed by atoms with Crippen LogP contribution in [0.1, 0.15) is 13.8 Å². The molecule has 0 bridgehead atoms. The maximum Gasteiger partial charge on any atom is 0.151 e. The maximum absolute atomic E-state index is 8.62. The quantitative estimate of drug-likeness (QED) is 0.517. The van der Waals surface area contributed by atoms with Gasteiger partial charge in [0.05, 0.1) is 12.7 Å². The van der Waals surface area contributed by atoms with E-state index in [1.54, 1.807) is 13.8 Å². The molecule has 2 unspecified atom stereocenters. The van der Waals surface area contributed by atoms with Crippen molar-refractivity contribution >= 4 is 0 Å². The fraction of sp³-hybridized carbons (Fsp3) is 1.00. The second-order valence-corrected chi connectivity index (χ2v) is 3.36. The van der Waals surface area contributed by atoms with Crippen molar-refractivity contribution in [3.05, 3.63) is 0 Å². The molecule has 0 heterocycles. The molecule has 14 heavy (non-hydrogen) atoms. The summed E-state index contributed by atoms with van der Waals surface area (Å²) in [7, 11) is 3.93. The summed E-state index contributed by atoms with van der Waals surface area (Å²) in [4.78, 5) is 2.00. The van der Waals surface area contributed by atoms with Crippen molar-refractivity contribution < 1.29 is 14.9 Å². The number of hydrogen-bond donors (Lipinski definition) is 3. The van der Waals surface area contributed by atoms with Crippen LogP contribution in [-0.2, 0) is 4.74 Å². The van der Waals surface area contributed by atoms with Gasteiger partial charge >= 0.3 is 0 Å². The Morgan fingerprint density at radius 1 is 1.29 bits per heavy atom. The van der Waals surface area contributed by atoms with E-state index < -0.39 is 6.29 Å². The average Bonchev–Trinajstić information content (AvgIpc) is 2.04. The number of aliphatic hydroxyl groups is 2. The predicted octanol–water partition coefficient (Wildman–Crippen LogP) is -0.771. The monoisotopic (exact) mass is 208 g/mol. The van der Waals surface area contributed by atoms with Gasteiger partial charge < -0.3 is 25.6 Å². The van der Waals surface area contributed by atoms with Gasteiger partial charge in [-0.2, -0.15) is 0 Å². The molecule has 0 saturated heterocycles. The molecule has 2 atom stereocenters. The first-order valence-corrected chi connectivity index (χ1v) is 4.72. The number of likely N-dealkylation sites (N-methyl/N-ethyl adjacent to an activating group) is 1. The zero-order valence-electron chi connectivity index (χ0n) is 9.60. The normalized spacial score (nSPS) is 14.6. The minimum atomic E-state index is -0.634. The largest absolute Gasteiger partial charge is 0.392 e. The molecule has 0 aromatic rings. The Morgan fingerprint density at radius 2 is 1.71 bits per heavy atom. The van der Waals surface area contributed by atoms with Crippen LogP contribution in [0.2, 0.25) is 0 Å². The third kappa shape index (κ3) is 22.6. The van der Waals surface area contributed by atoms with Gasteiger partial charge in [-0.15, -0.1) is 0 Å². The third-order valence-corrected chi connectivity index (χ3v) is 1.24. The van der Waals surface area contributed by atoms with Crippen LogP contribution in [0.25, 0.3) is 0 Å². The fourth-order valence-corrected chi connectivity index (χ4v) is 0.406. The summed E-state index contributed by atoms with van der Waals surface area (Å²) in [5.41, 5.74) is 4.92. The number of nitrogens with zero attached hydrogens (tertiary/aromatic N) is 1. The van der Waals surface area contributed by atoms with E-state index in [1.807, 2.05) is 19.0 Å². The minimum absolute atomic E-state index is 0.338. The number of ether oxygens (including phenoxy) is 1. The van der Waals surface area contributed by atoms with E-state index in [2.05, 4.69) is 0 Å². The van der Waals surface area contributed by atoms with E-state index in [4.69, 9.17) is 20.7 Å². The van der Waals surface area contributed by atoms with E-state index in [-0.39, 0.29) is 6.10 Å². The van der Waals surface area contributed by atoms with Gasteiger partial charge in [-0.05, 0) is 27.9 Å². The molecular formula is C9H24N2O3. The Balaban J connectivity index is 0. The molecular weight excluding hydrogens is 184 g/mol. The van der Waals surface area contributed by atoms with Crippen LogP contribution in [0.15, 0.2) is 0 Å². The van der Waals surface area contributed by atoms with Gasteiger partial charge in [-0.1, -0.05) is 0 Å². The van der Waals surface area contributed by atoms with Gasteiger partial charge in [0.25, 0.3) is 0 Å². The fourth-order valence-electron chi connectivity index (χ4n) is 0.406. The van der Waals surface area contributed by atoms with Crippen LogP contribution < -0.4 is 5.73 Å². The highest BCUT2D eigenvalue weighted by molar-refractivity contribution is 4.40. The SMILES string of the molecule is CC(O)CN.CC(O)OCCN(C)C. The van der Waals surface area contributed by atoms with Gasteiger partial charge in [-0.25, -0.2) is 0 Å². The van der Waals surface area contributed by atoms with Crippen molar-refractivity contribution in [2.24, 2.45) is 5.73 Å². The summed E-state index contributed by atoms with van der Waals surface area (Å²) in [6.45, 7) is 5.06. The molecule has 5 heteroatoms. The minimum Gasteiger partial charge on any atom is -0.392 e. The Labute approximate surface area is 86.5 Å². The van der Waals surface area contributed by atoms with Crippen LogP contribution in [0.4, 0.5) is 0 Å². The van der Waals surface area contributed by atoms with Crippen LogP contribution in [0.3, 0.4) is 0 Å². The van der Waals surface area contributed by atoms with Crippen molar-refractivity contribution in [1.29, 1.82) is 0 Å². The summed E-state index contributed by atoms with van der Waals surface area (Å²) >= 11 is 0. The Bertz CT molecular complexity index is 100. The van der Waals surface area contributed by atoms with E-state index in [0.29, 0.717) is 13.2 Å². The Kier molecular flexibility index (Phi) is 12.6. The number of rotatable bonds is 5. The van der Waals surface area contributed by atoms with Crippen molar-refractivity contribution in [2.75, 3.05) is 33.8 Å². The zero-order chi connectivity index (χ0) is 11.6. The van der Waals surface area contributed by atoms with E-state index in [9.17, 15) is 0 Å². The van der Waals surface area contributed by atoms with Gasteiger partial charge in [0.2, 0.25) is 0 Å². The highest BCUT2D eigenvalue weighted by Crippen LogP contribution is 1.83. The van der Waals surface area contributed by atoms with Crippen molar-refractivity contribution in [3.8, 4) is 0 Å². The van der Waals surface area contributed by atoms with E-state index in [1.165, 1.54) is 0 Å². The van der Waals surface area contributed by atoms with Gasteiger partial charge in [0.1, 0.15) is 0 Å². The highest BCUT2D eigenvalue weighted by atomic mass is 16.6. The summed E-state index contributed by atoms with van der Waals surface area (Å²) in [5.74, 6) is 0. The summed E-state index contributed by atoms with van der Waals surface area (Å²) in [6, 6.07) is 0. The molecule has 0 fully saturated rings. The molecule has 0 rings (SSSR count). The highest BCUT2D eigenvalue weighted by Gasteiger charge is 1.93. The first-order valence-electron chi connectivity index (χ1n) is 4.72. The standard InChI is InChI=1S/C6H15NO2.C3H9NO/c1-6(8)9-5-4-7(2)3;1-3(5)2-4/h6,8H,4-5H2,1-3H3;3,5H,2,4H2,1H3. The molecule has 0 aromatic heterocycles. The predicted molar refractivity (Wildman–Crippen MR) is 56.9 cm³/mol. The van der Waals surface area contributed by atoms with Crippen molar-refractivity contribution in [1.82, 2.24) is 4.90 Å². The summed E-state index contributed by atoms with van der Waals surface area (Å²) < 4.78 is 4.87. The lowest BCUT2D eigenvalue weighted by Crippen LogP contribution is -2.20. The first-order chi connectivity index (χ1) is 6.40. The summed E-state index contributed by atoms with van der Waals surface area (Å²) in [5, 5.41) is 16.9. The topological polar surface area (TPSA) is 79.0 Å². The number of hydrogen-bond acceptors (Lipinski definition) is 5. The van der Waals surface area contributed by atoms with Gasteiger partial charge in [-0.3, -0.25) is 0 Å². The lowest BCUT2D eigenvalue weighted by atomic mass is 10.4. The molecule has 5 nitrogen and oxygen atoms in total. The Morgan fingerprint density at radius 3 is 1.93 bits per heavy atom. The van der Waals surface area contributed by atoms with Gasteiger partial charge in [0, 0.05) is 13.1 Å². The molecule has 0 aliphatic heterocycles. The lowest BCUT2D eigenvalue weighted by molar-refractivity contribution is -0.0874. The van der Waals surface area contributed by atoms with E-state index >= 15 is 0 Å². The third-order valence-electron chi connectivity index (χ3n) is 1.24. The van der Waals surface area contributed by atoms with Gasteiger partial charge in [0.15, 0.2) is 6.29 Å². The molecule has 4 N–H and O–H groups in total. The molecule has 0 aromatic carbocycles. The summed E-state index contributed by atoms with van der Waals surface area (Å²) in [6.07, 6.45) is -0.972. The second kappa shape index (κ2) is 10.9. The smallest absolute Gasteiger partial charge is 0.151 e. The van der Waals surface area contributed by atoms with Crippen LogP contribution in [0.5, 0.6) is 0 Å². The van der Waals surface area contributed by atoms with E-state index in [0.717, 1.165) is 6.54 Å². The first kappa shape index (κ1) is 16.2. The zero-order valence-corrected chi connectivity index (χ0v) is 9.60. The number of aliphatic hydroxyl groups excluding tert-OH is 2. The Hall–Kier alpha value is -0.200. The molecule has 0 spiro atoms. The molecule has 0 aliphatic rings. The number of nitrogens with two attached hydrogens (primary N) is 1. The van der Waals surface area contributed by atoms with Crippen LogP contribution in [-0.4, -0.2) is 61.3 Å². The van der Waals surface area contributed by atoms with Crippen LogP contribution >= 0.6 is 0 Å². The maximum atomic E-state index is 8.62. The molecule has 0 radical (unpaired) electrons. The average molecular weight is 208 g/mol. The molecule has 88 valence electrons.